The van der Waals surface area contributed by atoms with E-state index in [1.165, 1.54) is 0 Å². The van der Waals surface area contributed by atoms with Crippen molar-refractivity contribution in [1.82, 2.24) is 0 Å². The van der Waals surface area contributed by atoms with Crippen LogP contribution in [0.25, 0.3) is 0 Å². The second-order valence-electron chi connectivity index (χ2n) is 0. The molecule has 1 nitrogen and oxygen atoms in total. The fourth-order valence-electron chi connectivity index (χ4n) is 0. The molecule has 0 amide bonds. The van der Waals surface area contributed by atoms with Crippen LogP contribution in [0.5, 0.6) is 0 Å². The van der Waals surface area contributed by atoms with E-state index in [4.69, 9.17) is 3.83 Å². The minimum atomic E-state index is 0. The van der Waals surface area contributed by atoms with Crippen molar-refractivity contribution < 1.29 is 39.4 Å². The normalized spacial score (nSPS) is 1.25. The summed E-state index contributed by atoms with van der Waals surface area (Å²) < 4.78 is 8.00. The van der Waals surface area contributed by atoms with E-state index in [0.29, 0.717) is 0 Å². The number of hydrogen-bond acceptors (Lipinski definition) is 1. The summed E-state index contributed by atoms with van der Waals surface area (Å²) in [7, 11) is 0. The van der Waals surface area contributed by atoms with Gasteiger partial charge in [0.1, 0.15) is 0 Å². The first-order chi connectivity index (χ1) is 1.00. The van der Waals surface area contributed by atoms with Crippen LogP contribution in [-0.4, -0.2) is 45.5 Å². The fourth-order valence-corrected chi connectivity index (χ4v) is 0. The monoisotopic (exact) mass is 221 g/mol. The summed E-state index contributed by atoms with van der Waals surface area (Å²) >= 11 is 2.00. The van der Waals surface area contributed by atoms with Gasteiger partial charge in [0.2, 0.25) is 0 Å². The third-order valence-corrected chi connectivity index (χ3v) is 0. The summed E-state index contributed by atoms with van der Waals surface area (Å²) in [5, 5.41) is 0. The first-order valence-corrected chi connectivity index (χ1v) is 0.595. The van der Waals surface area contributed by atoms with Gasteiger partial charge in [-0.1, -0.05) is 0 Å². The Kier molecular flexibility index (Phi) is 75.1. The molecule has 0 atom stereocenters. The molecule has 0 aliphatic carbocycles. The summed E-state index contributed by atoms with van der Waals surface area (Å²) in [4.78, 5) is 0. The van der Waals surface area contributed by atoms with Crippen molar-refractivity contribution in [3.63, 3.8) is 0 Å². The molecule has 0 unspecified atom stereocenters. The standard InChI is InChI=1S/Co.Fe.O.Sr.2H/q;;;+2;2*-1. The molecule has 0 aliphatic rings. The number of hydrogen-bond donors (Lipinski definition) is 0. The Balaban J connectivity index is -0.000000000833. The molecule has 0 saturated carbocycles. The van der Waals surface area contributed by atoms with Gasteiger partial charge in [0.05, 0.1) is 0 Å². The molecule has 27 valence electrons. The van der Waals surface area contributed by atoms with Gasteiger partial charge in [0, 0.05) is 16.8 Å². The van der Waals surface area contributed by atoms with Gasteiger partial charge in [-0.15, -0.1) is 0 Å². The average Bonchev–Trinajstić information content (AvgIpc) is 1.00. The van der Waals surface area contributed by atoms with Crippen LogP contribution in [0, 0.1) is 0 Å². The van der Waals surface area contributed by atoms with Crippen LogP contribution in [0.4, 0.5) is 0 Å². The Hall–Kier alpha value is 2.31. The second kappa shape index (κ2) is 18.5. The predicted octanol–water partition coefficient (Wildman–Crippen LogP) is -0.280. The van der Waals surface area contributed by atoms with Gasteiger partial charge in [0.25, 0.3) is 0 Å². The van der Waals surface area contributed by atoms with E-state index < -0.39 is 0 Å². The van der Waals surface area contributed by atoms with Crippen molar-refractivity contribution >= 4 is 45.5 Å². The molecule has 4 heteroatoms. The molecule has 0 aromatic heterocycles. The summed E-state index contributed by atoms with van der Waals surface area (Å²) in [6, 6.07) is 0. The molecule has 0 aliphatic heterocycles. The Bertz CT molecular complexity index is 13.5. The van der Waals surface area contributed by atoms with E-state index in [1.54, 1.807) is 0 Å². The van der Waals surface area contributed by atoms with Crippen molar-refractivity contribution in [3.8, 4) is 0 Å². The van der Waals surface area contributed by atoms with Gasteiger partial charge in [-0.05, 0) is 0 Å². The summed E-state index contributed by atoms with van der Waals surface area (Å²) in [5.74, 6) is 0. The first kappa shape index (κ1) is 16.2. The fraction of sp³-hybridized carbons (Fsp3) is 0. The average molecular weight is 220 g/mol. The van der Waals surface area contributed by atoms with Gasteiger partial charge in [-0.25, -0.2) is 0 Å². The zero-order valence-corrected chi connectivity index (χ0v) is 7.42. The van der Waals surface area contributed by atoms with E-state index >= 15 is 0 Å². The largest absolute Gasteiger partial charge is 2.00 e. The van der Waals surface area contributed by atoms with Crippen LogP contribution >= 0.6 is 0 Å². The molecule has 4 heavy (non-hydrogen) atoms. The van der Waals surface area contributed by atoms with Crippen LogP contribution in [0.15, 0.2) is 0 Å². The van der Waals surface area contributed by atoms with Crippen LogP contribution in [0.1, 0.15) is 2.85 Å². The molecule has 0 N–H and O–H groups in total. The maximum absolute atomic E-state index is 8.00. The molecule has 0 heterocycles. The van der Waals surface area contributed by atoms with Gasteiger partial charge in [-0.3, -0.25) is 0 Å². The Morgan fingerprint density at radius 3 is 1.50 bits per heavy atom. The number of rotatable bonds is 0. The smallest absolute Gasteiger partial charge is 2.00 e. The Morgan fingerprint density at radius 1 is 1.50 bits per heavy atom. The molecule has 0 aromatic carbocycles. The molecule has 0 rings (SSSR count). The van der Waals surface area contributed by atoms with Crippen LogP contribution in [0.2, 0.25) is 0 Å². The Morgan fingerprint density at radius 2 is 1.50 bits per heavy atom. The topological polar surface area (TPSA) is 17.1 Å². The molecule has 0 saturated heterocycles. The minimum Gasteiger partial charge on any atom is 2.00 e. The van der Waals surface area contributed by atoms with E-state index in [9.17, 15) is 0 Å². The maximum Gasteiger partial charge on any atom is 2.00 e. The minimum absolute atomic E-state index is 0. The van der Waals surface area contributed by atoms with Gasteiger partial charge >= 0.3 is 65.3 Å². The molecular formula is H2CoFeOSr. The van der Waals surface area contributed by atoms with Crippen LogP contribution in [-0.2, 0) is 36.6 Å². The van der Waals surface area contributed by atoms with E-state index in [-0.39, 0.29) is 65.1 Å². The summed E-state index contributed by atoms with van der Waals surface area (Å²) in [6.07, 6.45) is 0. The molecule has 0 aromatic rings. The van der Waals surface area contributed by atoms with Gasteiger partial charge in [0.15, 0.2) is 0 Å². The third kappa shape index (κ3) is 8.85. The predicted molar refractivity (Wildman–Crippen MR) is 8.66 cm³/mol. The second-order valence-corrected chi connectivity index (χ2v) is 0. The van der Waals surface area contributed by atoms with Crippen molar-refractivity contribution in [2.24, 2.45) is 0 Å². The molecule has 0 fully saturated rings. The van der Waals surface area contributed by atoms with Gasteiger partial charge < -0.3 is 2.85 Å². The van der Waals surface area contributed by atoms with Crippen LogP contribution < -0.4 is 0 Å². The van der Waals surface area contributed by atoms with Crippen molar-refractivity contribution in [2.45, 2.75) is 0 Å². The SMILES string of the molecule is [Co].[H-].[H-].[O]=[Fe].[Sr+2]. The zero-order chi connectivity index (χ0) is 2.00. The molecular weight excluding hydrogens is 218 g/mol. The molecule has 0 spiro atoms. The summed E-state index contributed by atoms with van der Waals surface area (Å²) in [6.45, 7) is 0. The van der Waals surface area contributed by atoms with E-state index in [0.717, 1.165) is 0 Å². The first-order valence-electron chi connectivity index (χ1n) is 0.144. The van der Waals surface area contributed by atoms with Crippen molar-refractivity contribution in [1.29, 1.82) is 0 Å². The zero-order valence-electron chi connectivity index (χ0n) is 3.80. The molecule has 0 bridgehead atoms. The maximum atomic E-state index is 8.00. The summed E-state index contributed by atoms with van der Waals surface area (Å²) in [5.41, 5.74) is 0. The third-order valence-electron chi connectivity index (χ3n) is 0. The van der Waals surface area contributed by atoms with E-state index in [2.05, 4.69) is 0 Å². The Labute approximate surface area is 83.4 Å². The van der Waals surface area contributed by atoms with Crippen LogP contribution in [0.3, 0.4) is 0 Å². The molecule has 1 radical (unpaired) electrons. The van der Waals surface area contributed by atoms with Gasteiger partial charge in [-0.2, -0.15) is 0 Å². The quantitative estimate of drug-likeness (QED) is 0.513. The van der Waals surface area contributed by atoms with Crippen molar-refractivity contribution in [2.75, 3.05) is 0 Å². The van der Waals surface area contributed by atoms with E-state index in [1.807, 2.05) is 15.9 Å². The van der Waals surface area contributed by atoms with Crippen molar-refractivity contribution in [3.05, 3.63) is 0 Å².